The molecule has 6 nitrogen and oxygen atoms in total. The fourth-order valence-corrected chi connectivity index (χ4v) is 1.65. The van der Waals surface area contributed by atoms with E-state index in [0.717, 1.165) is 19.6 Å². The van der Waals surface area contributed by atoms with Gasteiger partial charge in [-0.2, -0.15) is 0 Å². The number of nitrogens with one attached hydrogen (secondary N) is 2. The topological polar surface area (TPSA) is 87.7 Å². The van der Waals surface area contributed by atoms with Gasteiger partial charge in [0.2, 0.25) is 0 Å². The Balaban J connectivity index is 1.92. The van der Waals surface area contributed by atoms with Gasteiger partial charge in [-0.3, -0.25) is 4.79 Å². The number of carbonyl (C=O) groups excluding carboxylic acids is 1. The van der Waals surface area contributed by atoms with Crippen molar-refractivity contribution in [2.75, 3.05) is 26.3 Å². The van der Waals surface area contributed by atoms with Crippen LogP contribution in [0.1, 0.15) is 25.7 Å². The molecule has 0 radical (unpaired) electrons. The second-order valence-electron chi connectivity index (χ2n) is 4.22. The van der Waals surface area contributed by atoms with Gasteiger partial charge in [-0.05, 0) is 19.3 Å². The Kier molecular flexibility index (Phi) is 6.39. The van der Waals surface area contributed by atoms with Crippen LogP contribution in [0.25, 0.3) is 0 Å². The minimum absolute atomic E-state index is 0.155. The van der Waals surface area contributed by atoms with Crippen molar-refractivity contribution in [1.82, 2.24) is 10.6 Å². The molecule has 0 bridgehead atoms. The molecular formula is C11H20N2O4. The number of amides is 2. The summed E-state index contributed by atoms with van der Waals surface area (Å²) in [4.78, 5) is 21.6. The highest BCUT2D eigenvalue weighted by atomic mass is 16.5. The van der Waals surface area contributed by atoms with Crippen molar-refractivity contribution in [3.8, 4) is 0 Å². The van der Waals surface area contributed by atoms with E-state index in [2.05, 4.69) is 10.6 Å². The SMILES string of the molecule is O=C(O)CCCCNC(=O)NCC1CCOC1. The van der Waals surface area contributed by atoms with Crippen molar-refractivity contribution in [3.63, 3.8) is 0 Å². The van der Waals surface area contributed by atoms with E-state index in [4.69, 9.17) is 9.84 Å². The van der Waals surface area contributed by atoms with Crippen LogP contribution in [-0.2, 0) is 9.53 Å². The van der Waals surface area contributed by atoms with E-state index in [0.29, 0.717) is 31.8 Å². The standard InChI is InChI=1S/C11H20N2O4/c14-10(15)3-1-2-5-12-11(16)13-7-9-4-6-17-8-9/h9H,1-8H2,(H,14,15)(H2,12,13,16). The Labute approximate surface area is 101 Å². The number of urea groups is 1. The zero-order chi connectivity index (χ0) is 12.5. The minimum Gasteiger partial charge on any atom is -0.481 e. The average Bonchev–Trinajstić information content (AvgIpc) is 2.78. The van der Waals surface area contributed by atoms with E-state index >= 15 is 0 Å². The summed E-state index contributed by atoms with van der Waals surface area (Å²) in [5.41, 5.74) is 0. The van der Waals surface area contributed by atoms with Gasteiger partial charge in [0.1, 0.15) is 0 Å². The zero-order valence-corrected chi connectivity index (χ0v) is 9.91. The Bertz CT molecular complexity index is 252. The van der Waals surface area contributed by atoms with Crippen molar-refractivity contribution in [1.29, 1.82) is 0 Å². The molecule has 1 atom stereocenters. The van der Waals surface area contributed by atoms with E-state index < -0.39 is 5.97 Å². The molecule has 0 aromatic rings. The Morgan fingerprint density at radius 1 is 1.29 bits per heavy atom. The van der Waals surface area contributed by atoms with Crippen LogP contribution >= 0.6 is 0 Å². The van der Waals surface area contributed by atoms with E-state index in [1.165, 1.54) is 0 Å². The van der Waals surface area contributed by atoms with Crippen molar-refractivity contribution in [3.05, 3.63) is 0 Å². The van der Waals surface area contributed by atoms with Crippen LogP contribution in [0.15, 0.2) is 0 Å². The molecule has 1 unspecified atom stereocenters. The molecule has 0 spiro atoms. The summed E-state index contributed by atoms with van der Waals surface area (Å²) in [7, 11) is 0. The summed E-state index contributed by atoms with van der Waals surface area (Å²) in [5.74, 6) is -0.372. The lowest BCUT2D eigenvalue weighted by Crippen LogP contribution is -2.38. The third-order valence-electron chi connectivity index (χ3n) is 2.68. The monoisotopic (exact) mass is 244 g/mol. The smallest absolute Gasteiger partial charge is 0.314 e. The molecule has 0 aromatic carbocycles. The molecule has 0 saturated carbocycles. The number of carboxylic acids is 1. The fraction of sp³-hybridized carbons (Fsp3) is 0.818. The second kappa shape index (κ2) is 7.89. The van der Waals surface area contributed by atoms with Gasteiger partial charge in [-0.15, -0.1) is 0 Å². The van der Waals surface area contributed by atoms with Crippen molar-refractivity contribution >= 4 is 12.0 Å². The molecule has 1 rings (SSSR count). The second-order valence-corrected chi connectivity index (χ2v) is 4.22. The first-order chi connectivity index (χ1) is 8.18. The van der Waals surface area contributed by atoms with Gasteiger partial charge in [0, 0.05) is 32.0 Å². The summed E-state index contributed by atoms with van der Waals surface area (Å²) < 4.78 is 5.20. The molecular weight excluding hydrogens is 224 g/mol. The van der Waals surface area contributed by atoms with Gasteiger partial charge in [-0.1, -0.05) is 0 Å². The van der Waals surface area contributed by atoms with Gasteiger partial charge in [-0.25, -0.2) is 4.79 Å². The quantitative estimate of drug-likeness (QED) is 0.571. The van der Waals surface area contributed by atoms with Gasteiger partial charge in [0.25, 0.3) is 0 Å². The molecule has 1 heterocycles. The third-order valence-corrected chi connectivity index (χ3v) is 2.68. The van der Waals surface area contributed by atoms with Crippen molar-refractivity contribution < 1.29 is 19.4 Å². The Hall–Kier alpha value is -1.30. The Morgan fingerprint density at radius 3 is 2.76 bits per heavy atom. The van der Waals surface area contributed by atoms with E-state index in [1.54, 1.807) is 0 Å². The molecule has 98 valence electrons. The highest BCUT2D eigenvalue weighted by Crippen LogP contribution is 2.10. The predicted octanol–water partition coefficient (Wildman–Crippen LogP) is 0.577. The lowest BCUT2D eigenvalue weighted by atomic mass is 10.1. The normalized spacial score (nSPS) is 18.9. The Morgan fingerprint density at radius 2 is 2.12 bits per heavy atom. The first-order valence-corrected chi connectivity index (χ1v) is 5.99. The number of carboxylic acid groups (broad SMARTS) is 1. The van der Waals surface area contributed by atoms with Crippen LogP contribution in [0.3, 0.4) is 0 Å². The lowest BCUT2D eigenvalue weighted by molar-refractivity contribution is -0.137. The van der Waals surface area contributed by atoms with Crippen LogP contribution in [0.4, 0.5) is 4.79 Å². The van der Waals surface area contributed by atoms with Crippen LogP contribution in [0.2, 0.25) is 0 Å². The van der Waals surface area contributed by atoms with Gasteiger partial charge in [0.15, 0.2) is 0 Å². The number of carbonyl (C=O) groups is 2. The first kappa shape index (κ1) is 13.8. The minimum atomic E-state index is -0.796. The first-order valence-electron chi connectivity index (χ1n) is 5.99. The number of hydrogen-bond donors (Lipinski definition) is 3. The largest absolute Gasteiger partial charge is 0.481 e. The third kappa shape index (κ3) is 6.78. The van der Waals surface area contributed by atoms with Crippen LogP contribution in [0.5, 0.6) is 0 Å². The van der Waals surface area contributed by atoms with E-state index in [9.17, 15) is 9.59 Å². The summed E-state index contributed by atoms with van der Waals surface area (Å²) in [6, 6.07) is -0.188. The maximum absolute atomic E-state index is 11.3. The maximum atomic E-state index is 11.3. The molecule has 17 heavy (non-hydrogen) atoms. The average molecular weight is 244 g/mol. The molecule has 0 aromatic heterocycles. The van der Waals surface area contributed by atoms with E-state index in [-0.39, 0.29) is 12.5 Å². The van der Waals surface area contributed by atoms with Crippen molar-refractivity contribution in [2.45, 2.75) is 25.7 Å². The molecule has 2 amide bonds. The highest BCUT2D eigenvalue weighted by Gasteiger charge is 2.15. The predicted molar refractivity (Wildman–Crippen MR) is 61.8 cm³/mol. The number of rotatable bonds is 7. The highest BCUT2D eigenvalue weighted by molar-refractivity contribution is 5.73. The van der Waals surface area contributed by atoms with Gasteiger partial charge >= 0.3 is 12.0 Å². The molecule has 0 aliphatic carbocycles. The van der Waals surface area contributed by atoms with Crippen LogP contribution in [-0.4, -0.2) is 43.4 Å². The summed E-state index contributed by atoms with van der Waals surface area (Å²) in [6.07, 6.45) is 2.43. The van der Waals surface area contributed by atoms with Crippen LogP contribution in [0, 0.1) is 5.92 Å². The van der Waals surface area contributed by atoms with Gasteiger partial charge < -0.3 is 20.5 Å². The summed E-state index contributed by atoms with van der Waals surface area (Å²) in [5, 5.41) is 13.9. The van der Waals surface area contributed by atoms with Gasteiger partial charge in [0.05, 0.1) is 6.61 Å². The van der Waals surface area contributed by atoms with Crippen molar-refractivity contribution in [2.24, 2.45) is 5.92 Å². The molecule has 1 aliphatic heterocycles. The van der Waals surface area contributed by atoms with Crippen LogP contribution < -0.4 is 10.6 Å². The number of ether oxygens (including phenoxy) is 1. The maximum Gasteiger partial charge on any atom is 0.314 e. The summed E-state index contributed by atoms with van der Waals surface area (Å²) in [6.45, 7) is 2.66. The number of aliphatic carboxylic acids is 1. The summed E-state index contributed by atoms with van der Waals surface area (Å²) >= 11 is 0. The number of unbranched alkanes of at least 4 members (excludes halogenated alkanes) is 1. The molecule has 1 aliphatic rings. The molecule has 1 saturated heterocycles. The number of hydrogen-bond acceptors (Lipinski definition) is 3. The zero-order valence-electron chi connectivity index (χ0n) is 9.91. The molecule has 3 N–H and O–H groups in total. The van der Waals surface area contributed by atoms with E-state index in [1.807, 2.05) is 0 Å². The lowest BCUT2D eigenvalue weighted by Gasteiger charge is -2.10. The fourth-order valence-electron chi connectivity index (χ4n) is 1.65. The molecule has 1 fully saturated rings. The molecule has 6 heteroatoms.